The summed E-state index contributed by atoms with van der Waals surface area (Å²) in [6, 6.07) is 12.9. The number of para-hydroxylation sites is 1. The molecule has 2 aromatic carbocycles. The first-order valence-electron chi connectivity index (χ1n) is 6.64. The van der Waals surface area contributed by atoms with E-state index in [1.807, 2.05) is 44.2 Å². The molecule has 2 N–H and O–H groups in total. The molecule has 0 radical (unpaired) electrons. The smallest absolute Gasteiger partial charge is 0.255 e. The predicted molar refractivity (Wildman–Crippen MR) is 80.9 cm³/mol. The zero-order valence-electron chi connectivity index (χ0n) is 12.0. The summed E-state index contributed by atoms with van der Waals surface area (Å²) in [5.41, 5.74) is 4.22. The molecule has 3 nitrogen and oxygen atoms in total. The maximum absolute atomic E-state index is 12.3. The van der Waals surface area contributed by atoms with Crippen molar-refractivity contribution in [3.63, 3.8) is 0 Å². The van der Waals surface area contributed by atoms with E-state index in [0.29, 0.717) is 16.8 Å². The summed E-state index contributed by atoms with van der Waals surface area (Å²) in [5, 5.41) is 12.6. The van der Waals surface area contributed by atoms with Gasteiger partial charge in [-0.1, -0.05) is 24.3 Å². The second-order valence-electron chi connectivity index (χ2n) is 5.02. The fourth-order valence-corrected chi connectivity index (χ4v) is 2.05. The lowest BCUT2D eigenvalue weighted by Gasteiger charge is -2.13. The van der Waals surface area contributed by atoms with Crippen molar-refractivity contribution in [1.29, 1.82) is 0 Å². The van der Waals surface area contributed by atoms with Gasteiger partial charge in [0.05, 0.1) is 6.10 Å². The lowest BCUT2D eigenvalue weighted by Crippen LogP contribution is -2.14. The molecule has 0 aliphatic rings. The molecule has 0 saturated carbocycles. The van der Waals surface area contributed by atoms with Gasteiger partial charge >= 0.3 is 0 Å². The van der Waals surface area contributed by atoms with E-state index in [-0.39, 0.29) is 5.91 Å². The van der Waals surface area contributed by atoms with Gasteiger partial charge in [-0.15, -0.1) is 0 Å². The average Bonchev–Trinajstić information content (AvgIpc) is 2.42. The molecular weight excluding hydrogens is 250 g/mol. The van der Waals surface area contributed by atoms with Crippen molar-refractivity contribution in [1.82, 2.24) is 0 Å². The average molecular weight is 269 g/mol. The van der Waals surface area contributed by atoms with E-state index >= 15 is 0 Å². The van der Waals surface area contributed by atoms with Crippen molar-refractivity contribution in [2.24, 2.45) is 0 Å². The van der Waals surface area contributed by atoms with Crippen LogP contribution >= 0.6 is 0 Å². The highest BCUT2D eigenvalue weighted by molar-refractivity contribution is 6.04. The molecule has 0 bridgehead atoms. The van der Waals surface area contributed by atoms with Gasteiger partial charge in [-0.05, 0) is 50.1 Å². The highest BCUT2D eigenvalue weighted by Gasteiger charge is 2.11. The summed E-state index contributed by atoms with van der Waals surface area (Å²) >= 11 is 0. The molecule has 104 valence electrons. The molecule has 0 aromatic heterocycles. The first-order chi connectivity index (χ1) is 9.49. The predicted octanol–water partition coefficient (Wildman–Crippen LogP) is 3.61. The molecular formula is C17H19NO2. The molecule has 0 aliphatic heterocycles. The van der Waals surface area contributed by atoms with Crippen LogP contribution in [0.4, 0.5) is 5.69 Å². The maximum atomic E-state index is 12.3. The molecule has 0 spiro atoms. The molecule has 1 amide bonds. The van der Waals surface area contributed by atoms with Gasteiger partial charge in [0.25, 0.3) is 5.91 Å². The Morgan fingerprint density at radius 1 is 1.10 bits per heavy atom. The SMILES string of the molecule is Cc1ccc(C(=O)Nc2ccccc2C(C)O)cc1C. The van der Waals surface area contributed by atoms with Crippen LogP contribution in [0.2, 0.25) is 0 Å². The molecule has 0 saturated heterocycles. The van der Waals surface area contributed by atoms with E-state index in [1.54, 1.807) is 19.1 Å². The molecule has 2 rings (SSSR count). The monoisotopic (exact) mass is 269 g/mol. The van der Waals surface area contributed by atoms with Crippen LogP contribution in [0.15, 0.2) is 42.5 Å². The summed E-state index contributed by atoms with van der Waals surface area (Å²) in [4.78, 5) is 12.3. The third-order valence-corrected chi connectivity index (χ3v) is 3.43. The zero-order valence-corrected chi connectivity index (χ0v) is 12.0. The number of carbonyl (C=O) groups excluding carboxylic acids is 1. The molecule has 3 heteroatoms. The number of aryl methyl sites for hydroxylation is 2. The van der Waals surface area contributed by atoms with E-state index in [4.69, 9.17) is 0 Å². The van der Waals surface area contributed by atoms with Crippen LogP contribution in [0.25, 0.3) is 0 Å². The van der Waals surface area contributed by atoms with Crippen LogP contribution in [0.5, 0.6) is 0 Å². The Bertz CT molecular complexity index is 633. The number of hydrogen-bond acceptors (Lipinski definition) is 2. The van der Waals surface area contributed by atoms with Crippen molar-refractivity contribution in [2.75, 3.05) is 5.32 Å². The number of rotatable bonds is 3. The van der Waals surface area contributed by atoms with Gasteiger partial charge in [0.1, 0.15) is 0 Å². The number of nitrogens with one attached hydrogen (secondary N) is 1. The third-order valence-electron chi connectivity index (χ3n) is 3.43. The Morgan fingerprint density at radius 2 is 1.80 bits per heavy atom. The third kappa shape index (κ3) is 3.06. The van der Waals surface area contributed by atoms with Crippen LogP contribution in [0, 0.1) is 13.8 Å². The minimum absolute atomic E-state index is 0.166. The van der Waals surface area contributed by atoms with Crippen molar-refractivity contribution in [3.05, 3.63) is 64.7 Å². The summed E-state index contributed by atoms with van der Waals surface area (Å²) in [5.74, 6) is -0.166. The largest absolute Gasteiger partial charge is 0.389 e. The second kappa shape index (κ2) is 5.88. The molecule has 0 aliphatic carbocycles. The number of aliphatic hydroxyl groups is 1. The van der Waals surface area contributed by atoms with Gasteiger partial charge in [-0.3, -0.25) is 4.79 Å². The molecule has 1 unspecified atom stereocenters. The highest BCUT2D eigenvalue weighted by Crippen LogP contribution is 2.23. The molecule has 2 aromatic rings. The fraction of sp³-hybridized carbons (Fsp3) is 0.235. The molecule has 0 heterocycles. The maximum Gasteiger partial charge on any atom is 0.255 e. The van der Waals surface area contributed by atoms with Gasteiger partial charge in [0.15, 0.2) is 0 Å². The Hall–Kier alpha value is -2.13. The zero-order chi connectivity index (χ0) is 14.7. The van der Waals surface area contributed by atoms with Gasteiger partial charge in [-0.25, -0.2) is 0 Å². The van der Waals surface area contributed by atoms with E-state index in [1.165, 1.54) is 0 Å². The number of amides is 1. The Kier molecular flexibility index (Phi) is 4.20. The van der Waals surface area contributed by atoms with Crippen LogP contribution in [0.1, 0.15) is 40.1 Å². The van der Waals surface area contributed by atoms with Gasteiger partial charge in [0.2, 0.25) is 0 Å². The summed E-state index contributed by atoms with van der Waals surface area (Å²) < 4.78 is 0. The summed E-state index contributed by atoms with van der Waals surface area (Å²) in [7, 11) is 0. The van der Waals surface area contributed by atoms with Gasteiger partial charge in [-0.2, -0.15) is 0 Å². The fourth-order valence-electron chi connectivity index (χ4n) is 2.05. The number of anilines is 1. The number of hydrogen-bond donors (Lipinski definition) is 2. The van der Waals surface area contributed by atoms with E-state index < -0.39 is 6.10 Å². The lowest BCUT2D eigenvalue weighted by molar-refractivity contribution is 0.102. The van der Waals surface area contributed by atoms with Crippen LogP contribution in [-0.4, -0.2) is 11.0 Å². The summed E-state index contributed by atoms with van der Waals surface area (Å²) in [6.45, 7) is 5.68. The van der Waals surface area contributed by atoms with Crippen LogP contribution in [0.3, 0.4) is 0 Å². The number of carbonyl (C=O) groups is 1. The first kappa shape index (κ1) is 14.3. The van der Waals surface area contributed by atoms with Crippen molar-refractivity contribution >= 4 is 11.6 Å². The van der Waals surface area contributed by atoms with E-state index in [9.17, 15) is 9.90 Å². The highest BCUT2D eigenvalue weighted by atomic mass is 16.3. The second-order valence-corrected chi connectivity index (χ2v) is 5.02. The Labute approximate surface area is 119 Å². The van der Waals surface area contributed by atoms with Crippen molar-refractivity contribution in [2.45, 2.75) is 26.9 Å². The quantitative estimate of drug-likeness (QED) is 0.894. The minimum atomic E-state index is -0.619. The van der Waals surface area contributed by atoms with Crippen molar-refractivity contribution in [3.8, 4) is 0 Å². The van der Waals surface area contributed by atoms with Gasteiger partial charge < -0.3 is 10.4 Å². The van der Waals surface area contributed by atoms with Crippen LogP contribution in [-0.2, 0) is 0 Å². The Balaban J connectivity index is 2.26. The van der Waals surface area contributed by atoms with E-state index in [2.05, 4.69) is 5.32 Å². The standard InChI is InChI=1S/C17H19NO2/c1-11-8-9-14(10-12(11)2)17(20)18-16-7-5-4-6-15(16)13(3)19/h4-10,13,19H,1-3H3,(H,18,20). The summed E-state index contributed by atoms with van der Waals surface area (Å²) in [6.07, 6.45) is -0.619. The lowest BCUT2D eigenvalue weighted by atomic mass is 10.0. The topological polar surface area (TPSA) is 49.3 Å². The molecule has 1 atom stereocenters. The molecule has 20 heavy (non-hydrogen) atoms. The number of benzene rings is 2. The number of aliphatic hydroxyl groups excluding tert-OH is 1. The van der Waals surface area contributed by atoms with Crippen molar-refractivity contribution < 1.29 is 9.90 Å². The normalized spacial score (nSPS) is 12.0. The minimum Gasteiger partial charge on any atom is -0.389 e. The van der Waals surface area contributed by atoms with Gasteiger partial charge in [0, 0.05) is 16.8 Å². The molecule has 0 fully saturated rings. The van der Waals surface area contributed by atoms with Crippen LogP contribution < -0.4 is 5.32 Å². The van der Waals surface area contributed by atoms with E-state index in [0.717, 1.165) is 11.1 Å². The Morgan fingerprint density at radius 3 is 2.45 bits per heavy atom. The first-order valence-corrected chi connectivity index (χ1v) is 6.64.